The minimum atomic E-state index is -0.292. The van der Waals surface area contributed by atoms with Gasteiger partial charge in [0.05, 0.1) is 26.2 Å². The summed E-state index contributed by atoms with van der Waals surface area (Å²) in [6, 6.07) is 0.118. The molecule has 0 bridgehead atoms. The minimum absolute atomic E-state index is 0.0590. The molecule has 1 saturated carbocycles. The summed E-state index contributed by atoms with van der Waals surface area (Å²) in [4.78, 5) is 49.3. The average Bonchev–Trinajstić information content (AvgIpc) is 2.23. The van der Waals surface area contributed by atoms with E-state index in [2.05, 4.69) is 10.6 Å². The van der Waals surface area contributed by atoms with Crippen LogP contribution in [0.1, 0.15) is 12.8 Å². The highest BCUT2D eigenvalue weighted by molar-refractivity contribution is 6.00. The summed E-state index contributed by atoms with van der Waals surface area (Å²) in [6.45, 7) is 0.781. The van der Waals surface area contributed by atoms with E-state index in [4.69, 9.17) is 0 Å². The summed E-state index contributed by atoms with van der Waals surface area (Å²) >= 11 is 0. The third-order valence-corrected chi connectivity index (χ3v) is 4.08. The van der Waals surface area contributed by atoms with Gasteiger partial charge in [0.1, 0.15) is 0 Å². The Morgan fingerprint density at radius 2 is 0.950 bits per heavy atom. The molecule has 8 heteroatoms. The molecule has 4 amide bonds. The average molecular weight is 280 g/mol. The van der Waals surface area contributed by atoms with E-state index in [-0.39, 0.29) is 61.9 Å². The molecule has 3 rings (SSSR count). The number of nitrogens with one attached hydrogen (secondary N) is 2. The van der Waals surface area contributed by atoms with Crippen molar-refractivity contribution in [2.24, 2.45) is 0 Å². The van der Waals surface area contributed by atoms with Gasteiger partial charge in [0.25, 0.3) is 0 Å². The maximum atomic E-state index is 11.4. The standard InChI is InChI=1S/C12H16N4O4/c17-9-3-15(4-10(18)13-9)7-1-2-8(7)16-5-11(19)14-12(20)6-16/h7-8H,1-6H2,(H,13,17,18)(H,14,19,20)/t7-,8-/m1/s1. The highest BCUT2D eigenvalue weighted by Gasteiger charge is 2.43. The van der Waals surface area contributed by atoms with Gasteiger partial charge in [-0.2, -0.15) is 0 Å². The summed E-state index contributed by atoms with van der Waals surface area (Å²) in [7, 11) is 0. The van der Waals surface area contributed by atoms with Crippen molar-refractivity contribution in [3.05, 3.63) is 0 Å². The van der Waals surface area contributed by atoms with Crippen LogP contribution in [0.2, 0.25) is 0 Å². The summed E-state index contributed by atoms with van der Waals surface area (Å²) in [5.74, 6) is -1.17. The monoisotopic (exact) mass is 280 g/mol. The zero-order valence-electron chi connectivity index (χ0n) is 10.9. The molecular weight excluding hydrogens is 264 g/mol. The molecule has 2 atom stereocenters. The van der Waals surface area contributed by atoms with Crippen LogP contribution in [0.4, 0.5) is 0 Å². The normalized spacial score (nSPS) is 32.6. The second kappa shape index (κ2) is 4.95. The predicted molar refractivity (Wildman–Crippen MR) is 66.3 cm³/mol. The van der Waals surface area contributed by atoms with Crippen LogP contribution in [-0.4, -0.2) is 71.7 Å². The van der Waals surface area contributed by atoms with Crippen LogP contribution in [0.25, 0.3) is 0 Å². The van der Waals surface area contributed by atoms with E-state index in [0.717, 1.165) is 12.8 Å². The van der Waals surface area contributed by atoms with E-state index in [1.165, 1.54) is 0 Å². The molecule has 0 aromatic rings. The maximum absolute atomic E-state index is 11.4. The van der Waals surface area contributed by atoms with E-state index in [1.54, 1.807) is 0 Å². The smallest absolute Gasteiger partial charge is 0.240 e. The second-order valence-electron chi connectivity index (χ2n) is 5.46. The Balaban J connectivity index is 1.66. The van der Waals surface area contributed by atoms with Gasteiger partial charge in [-0.3, -0.25) is 39.6 Å². The van der Waals surface area contributed by atoms with Crippen molar-refractivity contribution in [1.29, 1.82) is 0 Å². The van der Waals surface area contributed by atoms with Crippen molar-refractivity contribution < 1.29 is 19.2 Å². The lowest BCUT2D eigenvalue weighted by Crippen LogP contribution is -2.66. The summed E-state index contributed by atoms with van der Waals surface area (Å²) < 4.78 is 0. The molecule has 2 heterocycles. The number of carbonyl (C=O) groups excluding carboxylic acids is 4. The first-order chi connectivity index (χ1) is 9.52. The highest BCUT2D eigenvalue weighted by atomic mass is 16.2. The van der Waals surface area contributed by atoms with Crippen LogP contribution in [0.3, 0.4) is 0 Å². The summed E-state index contributed by atoms with van der Waals surface area (Å²) in [5, 5.41) is 4.54. The Morgan fingerprint density at radius 1 is 0.650 bits per heavy atom. The molecule has 0 spiro atoms. The molecule has 1 aliphatic carbocycles. The van der Waals surface area contributed by atoms with E-state index in [1.807, 2.05) is 9.80 Å². The van der Waals surface area contributed by atoms with Crippen LogP contribution in [0, 0.1) is 0 Å². The molecule has 0 radical (unpaired) electrons. The molecule has 0 unspecified atom stereocenters. The number of imide groups is 2. The fourth-order valence-electron chi connectivity index (χ4n) is 3.10. The molecule has 108 valence electrons. The van der Waals surface area contributed by atoms with Gasteiger partial charge in [-0.25, -0.2) is 0 Å². The molecular formula is C12H16N4O4. The fourth-order valence-corrected chi connectivity index (χ4v) is 3.10. The molecule has 3 aliphatic rings. The van der Waals surface area contributed by atoms with Gasteiger partial charge < -0.3 is 0 Å². The lowest BCUT2D eigenvalue weighted by Gasteiger charge is -2.50. The van der Waals surface area contributed by atoms with Crippen LogP contribution >= 0.6 is 0 Å². The third-order valence-electron chi connectivity index (χ3n) is 4.08. The quantitative estimate of drug-likeness (QED) is 0.540. The number of hydrogen-bond acceptors (Lipinski definition) is 6. The Morgan fingerprint density at radius 3 is 1.20 bits per heavy atom. The van der Waals surface area contributed by atoms with Crippen molar-refractivity contribution in [2.75, 3.05) is 26.2 Å². The topological polar surface area (TPSA) is 98.8 Å². The van der Waals surface area contributed by atoms with Gasteiger partial charge in [-0.05, 0) is 12.8 Å². The molecule has 0 aromatic heterocycles. The molecule has 2 saturated heterocycles. The van der Waals surface area contributed by atoms with E-state index >= 15 is 0 Å². The van der Waals surface area contributed by atoms with E-state index < -0.39 is 0 Å². The first-order valence-corrected chi connectivity index (χ1v) is 6.66. The zero-order chi connectivity index (χ0) is 14.3. The van der Waals surface area contributed by atoms with Gasteiger partial charge in [0, 0.05) is 12.1 Å². The maximum Gasteiger partial charge on any atom is 0.240 e. The number of carbonyl (C=O) groups is 4. The van der Waals surface area contributed by atoms with Crippen molar-refractivity contribution in [3.8, 4) is 0 Å². The Labute approximate surface area is 115 Å². The van der Waals surface area contributed by atoms with Gasteiger partial charge >= 0.3 is 0 Å². The predicted octanol–water partition coefficient (Wildman–Crippen LogP) is -2.57. The Hall–Kier alpha value is -1.80. The first-order valence-electron chi connectivity index (χ1n) is 6.66. The number of nitrogens with zero attached hydrogens (tertiary/aromatic N) is 2. The van der Waals surface area contributed by atoms with Crippen LogP contribution < -0.4 is 10.6 Å². The minimum Gasteiger partial charge on any atom is -0.294 e. The van der Waals surface area contributed by atoms with Gasteiger partial charge in [-0.1, -0.05) is 0 Å². The lowest BCUT2D eigenvalue weighted by atomic mass is 9.83. The molecule has 20 heavy (non-hydrogen) atoms. The SMILES string of the molecule is O=C1CN([C@@H]2CC[C@H]2N2CC(=O)NC(=O)C2)CC(=O)N1. The first kappa shape index (κ1) is 13.2. The largest absolute Gasteiger partial charge is 0.294 e. The number of amides is 4. The van der Waals surface area contributed by atoms with Crippen molar-refractivity contribution in [2.45, 2.75) is 24.9 Å². The third kappa shape index (κ3) is 2.44. The van der Waals surface area contributed by atoms with E-state index in [9.17, 15) is 19.2 Å². The molecule has 2 N–H and O–H groups in total. The molecule has 8 nitrogen and oxygen atoms in total. The number of hydrogen-bond donors (Lipinski definition) is 2. The van der Waals surface area contributed by atoms with Gasteiger partial charge in [0.2, 0.25) is 23.6 Å². The second-order valence-corrected chi connectivity index (χ2v) is 5.46. The van der Waals surface area contributed by atoms with Crippen LogP contribution in [0.15, 0.2) is 0 Å². The molecule has 3 fully saturated rings. The fraction of sp³-hybridized carbons (Fsp3) is 0.667. The van der Waals surface area contributed by atoms with Crippen molar-refractivity contribution >= 4 is 23.6 Å². The number of rotatable bonds is 2. The van der Waals surface area contributed by atoms with Crippen molar-refractivity contribution in [1.82, 2.24) is 20.4 Å². The van der Waals surface area contributed by atoms with Crippen molar-refractivity contribution in [3.63, 3.8) is 0 Å². The number of piperazine rings is 2. The summed E-state index contributed by atoms with van der Waals surface area (Å²) in [5.41, 5.74) is 0. The Bertz CT molecular complexity index is 416. The molecule has 2 aliphatic heterocycles. The van der Waals surface area contributed by atoms with Crippen LogP contribution in [0.5, 0.6) is 0 Å². The van der Waals surface area contributed by atoms with E-state index in [0.29, 0.717) is 0 Å². The zero-order valence-corrected chi connectivity index (χ0v) is 10.9. The van der Waals surface area contributed by atoms with Gasteiger partial charge in [-0.15, -0.1) is 0 Å². The van der Waals surface area contributed by atoms with Gasteiger partial charge in [0.15, 0.2) is 0 Å². The lowest BCUT2D eigenvalue weighted by molar-refractivity contribution is -0.144. The summed E-state index contributed by atoms with van der Waals surface area (Å²) in [6.07, 6.45) is 1.75. The Kier molecular flexibility index (Phi) is 3.27. The highest BCUT2D eigenvalue weighted by Crippen LogP contribution is 2.31. The van der Waals surface area contributed by atoms with Crippen LogP contribution in [-0.2, 0) is 19.2 Å². The molecule has 0 aromatic carbocycles.